The van der Waals surface area contributed by atoms with E-state index < -0.39 is 5.54 Å². The van der Waals surface area contributed by atoms with E-state index in [1.807, 2.05) is 18.2 Å². The van der Waals surface area contributed by atoms with Crippen LogP contribution in [0, 0.1) is 30.6 Å². The summed E-state index contributed by atoms with van der Waals surface area (Å²) in [6, 6.07) is 19.3. The van der Waals surface area contributed by atoms with Crippen LogP contribution in [-0.4, -0.2) is 41.7 Å². The lowest BCUT2D eigenvalue weighted by Crippen LogP contribution is -2.66. The molecular formula is C28H35N3O. The van der Waals surface area contributed by atoms with Crippen molar-refractivity contribution in [2.75, 3.05) is 13.1 Å². The molecule has 1 N–H and O–H groups in total. The van der Waals surface area contributed by atoms with Crippen molar-refractivity contribution in [3.05, 3.63) is 71.3 Å². The molecule has 0 aromatic heterocycles. The number of aliphatic imine (C=N–C) groups is 1. The Labute approximate surface area is 192 Å². The van der Waals surface area contributed by atoms with Crippen LogP contribution in [0.1, 0.15) is 37.0 Å². The molecule has 32 heavy (non-hydrogen) atoms. The van der Waals surface area contributed by atoms with Crippen LogP contribution in [0.15, 0.2) is 59.6 Å². The third-order valence-electron chi connectivity index (χ3n) is 7.76. The highest BCUT2D eigenvalue weighted by Gasteiger charge is 2.67. The molecule has 168 valence electrons. The van der Waals surface area contributed by atoms with E-state index in [0.29, 0.717) is 30.2 Å². The van der Waals surface area contributed by atoms with Crippen LogP contribution in [0.5, 0.6) is 0 Å². The second-order valence-electron chi connectivity index (χ2n) is 10.5. The second kappa shape index (κ2) is 8.47. The van der Waals surface area contributed by atoms with E-state index in [0.717, 1.165) is 31.5 Å². The molecule has 1 saturated heterocycles. The topological polar surface area (TPSA) is 44.7 Å². The minimum Gasteiger partial charge on any atom is -0.350 e. The number of carbonyl (C=O) groups is 1. The molecule has 4 bridgehead atoms. The first kappa shape index (κ1) is 21.4. The number of amides is 1. The Morgan fingerprint density at radius 2 is 1.88 bits per heavy atom. The Balaban J connectivity index is 1.45. The fourth-order valence-corrected chi connectivity index (χ4v) is 6.43. The lowest BCUT2D eigenvalue weighted by Gasteiger charge is -2.51. The Kier molecular flexibility index (Phi) is 5.66. The smallest absolute Gasteiger partial charge is 0.250 e. The number of nitrogens with one attached hydrogen (secondary N) is 1. The van der Waals surface area contributed by atoms with E-state index in [1.54, 1.807) is 0 Å². The number of hydrogen-bond acceptors (Lipinski definition) is 3. The third kappa shape index (κ3) is 3.69. The van der Waals surface area contributed by atoms with Crippen molar-refractivity contribution in [2.45, 2.75) is 51.7 Å². The number of hydrogen-bond donors (Lipinski definition) is 1. The standard InChI is InChI=1S/C28H35N3O/c1-19(2)17-31-18-24-14-23-16-30-28(24,27(32)29-15-22-7-5-4-6-8-22)26(31)25(23)13-21-11-9-20(3)10-12-21/h4-12,16,19,23-26H,13-15,17-18H2,1-3H3,(H,29,32). The highest BCUT2D eigenvalue weighted by Crippen LogP contribution is 2.54. The summed E-state index contributed by atoms with van der Waals surface area (Å²) in [5.41, 5.74) is 3.15. The molecule has 2 fully saturated rings. The lowest BCUT2D eigenvalue weighted by atomic mass is 9.59. The van der Waals surface area contributed by atoms with E-state index in [9.17, 15) is 4.79 Å². The van der Waals surface area contributed by atoms with Crippen molar-refractivity contribution in [2.24, 2.45) is 28.7 Å². The SMILES string of the molecule is Cc1ccc(CC2C3C=NC4(C(=O)NCc5ccccc5)C(C3)CN(CC(C)C)C24)cc1. The average Bonchev–Trinajstić information content (AvgIpc) is 3.04. The summed E-state index contributed by atoms with van der Waals surface area (Å²) in [5, 5.41) is 3.27. The summed E-state index contributed by atoms with van der Waals surface area (Å²) in [4.78, 5) is 21.5. The first-order chi connectivity index (χ1) is 15.5. The van der Waals surface area contributed by atoms with Crippen LogP contribution < -0.4 is 5.32 Å². The number of aryl methyl sites for hydroxylation is 1. The summed E-state index contributed by atoms with van der Waals surface area (Å²) in [6.45, 7) is 9.27. The molecule has 2 aromatic carbocycles. The van der Waals surface area contributed by atoms with Gasteiger partial charge in [0.05, 0.1) is 0 Å². The maximum absolute atomic E-state index is 13.8. The minimum absolute atomic E-state index is 0.117. The van der Waals surface area contributed by atoms with Gasteiger partial charge in [-0.15, -0.1) is 0 Å². The largest absolute Gasteiger partial charge is 0.350 e. The van der Waals surface area contributed by atoms with Gasteiger partial charge in [-0.2, -0.15) is 0 Å². The lowest BCUT2D eigenvalue weighted by molar-refractivity contribution is -0.132. The predicted molar refractivity (Wildman–Crippen MR) is 130 cm³/mol. The first-order valence-corrected chi connectivity index (χ1v) is 12.1. The molecule has 4 heteroatoms. The van der Waals surface area contributed by atoms with Crippen molar-refractivity contribution in [1.82, 2.24) is 10.2 Å². The highest BCUT2D eigenvalue weighted by molar-refractivity contribution is 5.92. The Bertz CT molecular complexity index is 983. The predicted octanol–water partition coefficient (Wildman–Crippen LogP) is 4.27. The molecule has 3 aliphatic heterocycles. The molecule has 5 unspecified atom stereocenters. The molecule has 1 aliphatic carbocycles. The minimum atomic E-state index is -0.645. The number of rotatable bonds is 7. The maximum atomic E-state index is 13.8. The Morgan fingerprint density at radius 1 is 1.12 bits per heavy atom. The van der Waals surface area contributed by atoms with Gasteiger partial charge in [0.2, 0.25) is 5.91 Å². The monoisotopic (exact) mass is 429 g/mol. The summed E-state index contributed by atoms with van der Waals surface area (Å²) in [6.07, 6.45) is 4.22. The van der Waals surface area contributed by atoms with Crippen LogP contribution in [0.3, 0.4) is 0 Å². The fourth-order valence-electron chi connectivity index (χ4n) is 6.43. The summed E-state index contributed by atoms with van der Waals surface area (Å²) >= 11 is 0. The molecule has 2 aromatic rings. The molecule has 0 radical (unpaired) electrons. The second-order valence-corrected chi connectivity index (χ2v) is 10.5. The maximum Gasteiger partial charge on any atom is 0.250 e. The molecule has 6 rings (SSSR count). The zero-order valence-corrected chi connectivity index (χ0v) is 19.5. The quantitative estimate of drug-likeness (QED) is 0.714. The van der Waals surface area contributed by atoms with Crippen LogP contribution in [0.4, 0.5) is 0 Å². The van der Waals surface area contributed by atoms with Gasteiger partial charge < -0.3 is 5.32 Å². The molecule has 1 amide bonds. The Morgan fingerprint density at radius 3 is 2.59 bits per heavy atom. The molecule has 3 heterocycles. The molecule has 0 spiro atoms. The van der Waals surface area contributed by atoms with Crippen LogP contribution >= 0.6 is 0 Å². The van der Waals surface area contributed by atoms with Gasteiger partial charge in [-0.05, 0) is 48.6 Å². The van der Waals surface area contributed by atoms with Crippen LogP contribution in [-0.2, 0) is 17.8 Å². The van der Waals surface area contributed by atoms with Crippen LogP contribution in [0.25, 0.3) is 0 Å². The molecule has 1 saturated carbocycles. The third-order valence-corrected chi connectivity index (χ3v) is 7.76. The van der Waals surface area contributed by atoms with Crippen molar-refractivity contribution in [3.63, 3.8) is 0 Å². The van der Waals surface area contributed by atoms with Gasteiger partial charge in [0.15, 0.2) is 5.54 Å². The van der Waals surface area contributed by atoms with E-state index in [2.05, 4.69) is 73.6 Å². The van der Waals surface area contributed by atoms with Crippen molar-refractivity contribution < 1.29 is 4.79 Å². The van der Waals surface area contributed by atoms with Gasteiger partial charge in [-0.1, -0.05) is 74.0 Å². The highest BCUT2D eigenvalue weighted by atomic mass is 16.2. The number of nitrogens with zero attached hydrogens (tertiary/aromatic N) is 2. The normalized spacial score (nSPS) is 30.8. The average molecular weight is 430 g/mol. The van der Waals surface area contributed by atoms with Crippen molar-refractivity contribution >= 4 is 12.1 Å². The van der Waals surface area contributed by atoms with Gasteiger partial charge >= 0.3 is 0 Å². The van der Waals surface area contributed by atoms with Gasteiger partial charge in [-0.25, -0.2) is 0 Å². The number of benzene rings is 2. The summed E-state index contributed by atoms with van der Waals surface area (Å²) in [5.74, 6) is 1.89. The van der Waals surface area contributed by atoms with Gasteiger partial charge in [-0.3, -0.25) is 14.7 Å². The van der Waals surface area contributed by atoms with Crippen molar-refractivity contribution in [3.8, 4) is 0 Å². The first-order valence-electron chi connectivity index (χ1n) is 12.1. The molecular weight excluding hydrogens is 394 g/mol. The van der Waals surface area contributed by atoms with Gasteiger partial charge in [0, 0.05) is 37.8 Å². The zero-order chi connectivity index (χ0) is 22.3. The van der Waals surface area contributed by atoms with Gasteiger partial charge in [0.1, 0.15) is 0 Å². The molecule has 5 atom stereocenters. The fraction of sp³-hybridized carbons (Fsp3) is 0.500. The van der Waals surface area contributed by atoms with E-state index in [-0.39, 0.29) is 11.9 Å². The summed E-state index contributed by atoms with van der Waals surface area (Å²) in [7, 11) is 0. The van der Waals surface area contributed by atoms with Crippen molar-refractivity contribution in [1.29, 1.82) is 0 Å². The van der Waals surface area contributed by atoms with Crippen LogP contribution in [0.2, 0.25) is 0 Å². The molecule has 4 nitrogen and oxygen atoms in total. The van der Waals surface area contributed by atoms with E-state index >= 15 is 0 Å². The Hall–Kier alpha value is -2.46. The molecule has 4 aliphatic rings. The van der Waals surface area contributed by atoms with E-state index in [1.165, 1.54) is 11.1 Å². The summed E-state index contributed by atoms with van der Waals surface area (Å²) < 4.78 is 0. The van der Waals surface area contributed by atoms with E-state index in [4.69, 9.17) is 4.99 Å². The zero-order valence-electron chi connectivity index (χ0n) is 19.5. The number of carbonyl (C=O) groups excluding carboxylic acids is 1. The number of likely N-dealkylation sites (tertiary alicyclic amines) is 1. The van der Waals surface area contributed by atoms with Gasteiger partial charge in [0.25, 0.3) is 0 Å².